The van der Waals surface area contributed by atoms with Gasteiger partial charge in [-0.15, -0.1) is 0 Å². The Morgan fingerprint density at radius 1 is 1.12 bits per heavy atom. The summed E-state index contributed by atoms with van der Waals surface area (Å²) in [5.41, 5.74) is 0. The summed E-state index contributed by atoms with van der Waals surface area (Å²) in [5.74, 6) is -0.0488. The van der Waals surface area contributed by atoms with Crippen LogP contribution >= 0.6 is 0 Å². The molecule has 1 rings (SSSR count). The number of rotatable bonds is 13. The average Bonchev–Trinajstić information content (AvgIpc) is 2.89. The summed E-state index contributed by atoms with van der Waals surface area (Å²) in [7, 11) is 0. The Morgan fingerprint density at radius 3 is 2.58 bits per heavy atom. The van der Waals surface area contributed by atoms with Gasteiger partial charge in [-0.25, -0.2) is 0 Å². The van der Waals surface area contributed by atoms with E-state index in [1.807, 2.05) is 6.08 Å². The summed E-state index contributed by atoms with van der Waals surface area (Å²) in [6.45, 7) is 2.16. The SMILES string of the molecule is CCCCC[C@H](O)C=C[C@H]1CC[C@H](O)[C@@H]1CCCCCCC(=O)O. The number of carboxylic acids is 1. The molecule has 4 nitrogen and oxygen atoms in total. The Labute approximate surface area is 147 Å². The van der Waals surface area contributed by atoms with Crippen LogP contribution in [0.2, 0.25) is 0 Å². The van der Waals surface area contributed by atoms with E-state index < -0.39 is 5.97 Å². The summed E-state index contributed by atoms with van der Waals surface area (Å²) in [5, 5.41) is 28.8. The van der Waals surface area contributed by atoms with Crippen molar-refractivity contribution in [3.05, 3.63) is 12.2 Å². The predicted molar refractivity (Wildman–Crippen MR) is 96.8 cm³/mol. The van der Waals surface area contributed by atoms with E-state index in [0.717, 1.165) is 64.2 Å². The van der Waals surface area contributed by atoms with Crippen molar-refractivity contribution in [2.24, 2.45) is 11.8 Å². The predicted octanol–water partition coefficient (Wildman–Crippen LogP) is 4.30. The number of carbonyl (C=O) groups is 1. The zero-order valence-electron chi connectivity index (χ0n) is 15.2. The molecule has 1 saturated carbocycles. The van der Waals surface area contributed by atoms with E-state index in [4.69, 9.17) is 5.11 Å². The summed E-state index contributed by atoms with van der Waals surface area (Å²) in [6, 6.07) is 0. The van der Waals surface area contributed by atoms with Crippen molar-refractivity contribution in [1.82, 2.24) is 0 Å². The lowest BCUT2D eigenvalue weighted by Crippen LogP contribution is -2.18. The summed E-state index contributed by atoms with van der Waals surface area (Å²) in [6.07, 6.45) is 14.6. The van der Waals surface area contributed by atoms with Crippen molar-refractivity contribution in [3.63, 3.8) is 0 Å². The quantitative estimate of drug-likeness (QED) is 0.345. The van der Waals surface area contributed by atoms with Gasteiger partial charge in [0, 0.05) is 6.42 Å². The highest BCUT2D eigenvalue weighted by molar-refractivity contribution is 5.66. The lowest BCUT2D eigenvalue weighted by atomic mass is 9.88. The summed E-state index contributed by atoms with van der Waals surface area (Å²) < 4.78 is 0. The van der Waals surface area contributed by atoms with E-state index in [1.54, 1.807) is 0 Å². The number of hydrogen-bond donors (Lipinski definition) is 3. The number of allylic oxidation sites excluding steroid dienone is 1. The van der Waals surface area contributed by atoms with Crippen LogP contribution in [0.15, 0.2) is 12.2 Å². The van der Waals surface area contributed by atoms with Crippen molar-refractivity contribution in [3.8, 4) is 0 Å². The van der Waals surface area contributed by atoms with Crippen LogP contribution in [0.1, 0.15) is 84.0 Å². The molecule has 4 heteroatoms. The minimum atomic E-state index is -0.719. The molecule has 24 heavy (non-hydrogen) atoms. The molecule has 0 aromatic heterocycles. The Morgan fingerprint density at radius 2 is 1.88 bits per heavy atom. The maximum Gasteiger partial charge on any atom is 0.303 e. The maximum atomic E-state index is 10.5. The standard InChI is InChI=1S/C20H36O4/c1-2-3-6-9-17(21)14-12-16-13-15-19(22)18(16)10-7-4-5-8-11-20(23)24/h12,14,16-19,21-22H,2-11,13,15H2,1H3,(H,23,24)/t16-,17-,18+,19-/m0/s1. The van der Waals surface area contributed by atoms with Crippen molar-refractivity contribution >= 4 is 5.97 Å². The van der Waals surface area contributed by atoms with Gasteiger partial charge in [0.05, 0.1) is 12.2 Å². The molecule has 0 radical (unpaired) electrons. The highest BCUT2D eigenvalue weighted by atomic mass is 16.4. The first-order chi connectivity index (χ1) is 11.5. The first kappa shape index (κ1) is 21.2. The van der Waals surface area contributed by atoms with Gasteiger partial charge in [-0.05, 0) is 43.9 Å². The fourth-order valence-electron chi connectivity index (χ4n) is 3.70. The second-order valence-corrected chi connectivity index (χ2v) is 7.27. The number of aliphatic hydroxyl groups excluding tert-OH is 2. The van der Waals surface area contributed by atoms with Crippen LogP contribution in [-0.2, 0) is 4.79 Å². The molecular formula is C20H36O4. The van der Waals surface area contributed by atoms with Crippen LogP contribution < -0.4 is 0 Å². The minimum absolute atomic E-state index is 0.226. The molecule has 0 heterocycles. The molecule has 1 fully saturated rings. The maximum absolute atomic E-state index is 10.5. The van der Waals surface area contributed by atoms with Crippen molar-refractivity contribution < 1.29 is 20.1 Å². The second kappa shape index (κ2) is 12.5. The van der Waals surface area contributed by atoms with E-state index in [9.17, 15) is 15.0 Å². The van der Waals surface area contributed by atoms with E-state index in [-0.39, 0.29) is 18.6 Å². The molecule has 0 bridgehead atoms. The van der Waals surface area contributed by atoms with Crippen LogP contribution in [0.25, 0.3) is 0 Å². The number of unbranched alkanes of at least 4 members (excludes halogenated alkanes) is 5. The molecule has 140 valence electrons. The van der Waals surface area contributed by atoms with E-state index in [0.29, 0.717) is 11.8 Å². The molecular weight excluding hydrogens is 304 g/mol. The topological polar surface area (TPSA) is 77.8 Å². The highest BCUT2D eigenvalue weighted by Gasteiger charge is 2.32. The molecule has 3 N–H and O–H groups in total. The third kappa shape index (κ3) is 8.84. The van der Waals surface area contributed by atoms with Gasteiger partial charge in [0.1, 0.15) is 0 Å². The smallest absolute Gasteiger partial charge is 0.303 e. The first-order valence-electron chi connectivity index (χ1n) is 9.80. The molecule has 0 unspecified atom stereocenters. The number of hydrogen-bond acceptors (Lipinski definition) is 3. The van der Waals surface area contributed by atoms with E-state index >= 15 is 0 Å². The minimum Gasteiger partial charge on any atom is -0.481 e. The summed E-state index contributed by atoms with van der Waals surface area (Å²) in [4.78, 5) is 10.5. The van der Waals surface area contributed by atoms with E-state index in [1.165, 1.54) is 6.42 Å². The number of aliphatic carboxylic acids is 1. The zero-order valence-corrected chi connectivity index (χ0v) is 15.2. The molecule has 0 saturated heterocycles. The highest BCUT2D eigenvalue weighted by Crippen LogP contribution is 2.36. The number of aliphatic hydroxyl groups is 2. The van der Waals surface area contributed by atoms with Crippen LogP contribution in [0.4, 0.5) is 0 Å². The molecule has 0 aliphatic heterocycles. The number of carboxylic acid groups (broad SMARTS) is 1. The lowest BCUT2D eigenvalue weighted by molar-refractivity contribution is -0.137. The van der Waals surface area contributed by atoms with Crippen molar-refractivity contribution in [1.29, 1.82) is 0 Å². The average molecular weight is 341 g/mol. The monoisotopic (exact) mass is 340 g/mol. The van der Waals surface area contributed by atoms with Crippen LogP contribution in [0.5, 0.6) is 0 Å². The largest absolute Gasteiger partial charge is 0.481 e. The molecule has 1 aliphatic carbocycles. The molecule has 0 aromatic rings. The molecule has 0 amide bonds. The van der Waals surface area contributed by atoms with Crippen LogP contribution in [0, 0.1) is 11.8 Å². The lowest BCUT2D eigenvalue weighted by Gasteiger charge is -2.20. The molecule has 4 atom stereocenters. The van der Waals surface area contributed by atoms with Gasteiger partial charge < -0.3 is 15.3 Å². The van der Waals surface area contributed by atoms with Gasteiger partial charge in [-0.1, -0.05) is 57.6 Å². The van der Waals surface area contributed by atoms with Gasteiger partial charge in [-0.2, -0.15) is 0 Å². The van der Waals surface area contributed by atoms with E-state index in [2.05, 4.69) is 13.0 Å². The molecule has 0 aromatic carbocycles. The van der Waals surface area contributed by atoms with Crippen molar-refractivity contribution in [2.75, 3.05) is 0 Å². The first-order valence-corrected chi connectivity index (χ1v) is 9.80. The van der Waals surface area contributed by atoms with Crippen LogP contribution in [0.3, 0.4) is 0 Å². The Balaban J connectivity index is 2.27. The molecule has 0 spiro atoms. The second-order valence-electron chi connectivity index (χ2n) is 7.27. The molecule has 1 aliphatic rings. The van der Waals surface area contributed by atoms with Gasteiger partial charge in [0.15, 0.2) is 0 Å². The Hall–Kier alpha value is -0.870. The normalized spacial score (nSPS) is 25.4. The van der Waals surface area contributed by atoms with Gasteiger partial charge >= 0.3 is 5.97 Å². The Bertz CT molecular complexity index is 367. The fraction of sp³-hybridized carbons (Fsp3) is 0.850. The van der Waals surface area contributed by atoms with Gasteiger partial charge in [-0.3, -0.25) is 4.79 Å². The third-order valence-electron chi connectivity index (χ3n) is 5.20. The fourth-order valence-corrected chi connectivity index (χ4v) is 3.70. The Kier molecular flexibility index (Phi) is 11.0. The van der Waals surface area contributed by atoms with Gasteiger partial charge in [0.25, 0.3) is 0 Å². The van der Waals surface area contributed by atoms with Crippen LogP contribution in [-0.4, -0.2) is 33.5 Å². The summed E-state index contributed by atoms with van der Waals surface area (Å²) >= 11 is 0. The third-order valence-corrected chi connectivity index (χ3v) is 5.20. The van der Waals surface area contributed by atoms with Crippen molar-refractivity contribution in [2.45, 2.75) is 96.2 Å². The zero-order chi connectivity index (χ0) is 17.8. The van der Waals surface area contributed by atoms with Gasteiger partial charge in [0.2, 0.25) is 0 Å².